The van der Waals surface area contributed by atoms with Gasteiger partial charge in [0.05, 0.1) is 17.1 Å². The number of nitrogens with one attached hydrogen (secondary N) is 1. The fraction of sp³-hybridized carbons (Fsp3) is 0.485. The SMILES string of the molecule is C#C/C(=C\C=C/C)CCC(=O)Nc1nc2c(nc1CC13CC4CC(CC(C4)C1)C3)-c1ccc(N)cc1CC2. The molecular weight excluding hydrogens is 468 g/mol. The van der Waals surface area contributed by atoms with Gasteiger partial charge in [0, 0.05) is 23.2 Å². The summed E-state index contributed by atoms with van der Waals surface area (Å²) in [5.41, 5.74) is 13.2. The van der Waals surface area contributed by atoms with Gasteiger partial charge in [0.2, 0.25) is 5.91 Å². The zero-order valence-electron chi connectivity index (χ0n) is 22.4. The maximum atomic E-state index is 13.1. The van der Waals surface area contributed by atoms with E-state index in [1.165, 1.54) is 44.1 Å². The highest BCUT2D eigenvalue weighted by atomic mass is 16.1. The third kappa shape index (κ3) is 4.89. The molecule has 1 amide bonds. The summed E-state index contributed by atoms with van der Waals surface area (Å²) in [4.78, 5) is 23.5. The molecule has 4 fully saturated rings. The fourth-order valence-electron chi connectivity index (χ4n) is 8.14. The smallest absolute Gasteiger partial charge is 0.225 e. The predicted octanol–water partition coefficient (Wildman–Crippen LogP) is 6.44. The summed E-state index contributed by atoms with van der Waals surface area (Å²) in [7, 11) is 0. The number of nitrogens with two attached hydrogens (primary N) is 1. The standard InChI is InChI=1S/C33H38N4O/c1-3-5-6-21(4-2)7-12-30(38)37-32-29(20-33-17-22-13-23(18-33)15-24(14-22)19-33)35-31-27-10-9-26(34)16-25(27)8-11-28(31)36-32/h2-3,5-6,9-10,16,22-24H,7-8,11-15,17-20,34H2,1H3,(H,36,37,38)/b5-3-,21-6+. The number of nitrogen functional groups attached to an aromatic ring is 1. The molecule has 4 bridgehead atoms. The molecule has 5 aliphatic rings. The van der Waals surface area contributed by atoms with Gasteiger partial charge in [-0.05, 0) is 112 Å². The summed E-state index contributed by atoms with van der Waals surface area (Å²) in [5.74, 6) is 5.88. The van der Waals surface area contributed by atoms with Crippen molar-refractivity contribution in [1.82, 2.24) is 9.97 Å². The minimum Gasteiger partial charge on any atom is -0.399 e. The van der Waals surface area contributed by atoms with Crippen molar-refractivity contribution in [3.8, 4) is 23.6 Å². The number of allylic oxidation sites excluding steroid dienone is 4. The maximum absolute atomic E-state index is 13.1. The summed E-state index contributed by atoms with van der Waals surface area (Å²) in [5, 5.41) is 3.17. The highest BCUT2D eigenvalue weighted by Gasteiger charge is 2.51. The third-order valence-corrected chi connectivity index (χ3v) is 9.32. The number of hydrogen-bond acceptors (Lipinski definition) is 4. The van der Waals surface area contributed by atoms with Crippen molar-refractivity contribution in [3.63, 3.8) is 0 Å². The van der Waals surface area contributed by atoms with Crippen molar-refractivity contribution in [2.75, 3.05) is 11.1 Å². The van der Waals surface area contributed by atoms with Gasteiger partial charge >= 0.3 is 0 Å². The number of amides is 1. The van der Waals surface area contributed by atoms with Crippen LogP contribution in [0.4, 0.5) is 11.5 Å². The predicted molar refractivity (Wildman–Crippen MR) is 153 cm³/mol. The van der Waals surface area contributed by atoms with Crippen LogP contribution in [0.1, 0.15) is 75.2 Å². The van der Waals surface area contributed by atoms with Gasteiger partial charge in [-0.25, -0.2) is 9.97 Å². The normalized spacial score (nSPS) is 27.2. The van der Waals surface area contributed by atoms with E-state index >= 15 is 0 Å². The Hall–Kier alpha value is -3.39. The summed E-state index contributed by atoms with van der Waals surface area (Å²) >= 11 is 0. The lowest BCUT2D eigenvalue weighted by molar-refractivity contribution is -0.116. The van der Waals surface area contributed by atoms with Crippen LogP contribution in [0.3, 0.4) is 0 Å². The lowest BCUT2D eigenvalue weighted by Gasteiger charge is -2.57. The number of benzene rings is 1. The number of carbonyl (C=O) groups excluding carboxylic acids is 1. The number of nitrogens with zero attached hydrogens (tertiary/aromatic N) is 2. The summed E-state index contributed by atoms with van der Waals surface area (Å²) in [6, 6.07) is 6.11. The fourth-order valence-corrected chi connectivity index (χ4v) is 8.14. The number of aryl methyl sites for hydroxylation is 2. The molecule has 0 radical (unpaired) electrons. The van der Waals surface area contributed by atoms with Gasteiger partial charge in [-0.15, -0.1) is 6.42 Å². The Morgan fingerprint density at radius 3 is 2.55 bits per heavy atom. The van der Waals surface area contributed by atoms with Crippen molar-refractivity contribution in [2.45, 2.75) is 77.6 Å². The minimum atomic E-state index is -0.0587. The van der Waals surface area contributed by atoms with Crippen LogP contribution < -0.4 is 11.1 Å². The number of anilines is 2. The molecule has 38 heavy (non-hydrogen) atoms. The Balaban J connectivity index is 1.31. The second-order valence-corrected chi connectivity index (χ2v) is 12.2. The van der Waals surface area contributed by atoms with E-state index in [1.807, 2.05) is 31.2 Å². The molecule has 3 N–H and O–H groups in total. The van der Waals surface area contributed by atoms with Crippen molar-refractivity contribution < 1.29 is 4.79 Å². The Labute approximate surface area is 226 Å². The van der Waals surface area contributed by atoms with Crippen LogP contribution in [0.15, 0.2) is 42.0 Å². The average Bonchev–Trinajstić information content (AvgIpc) is 2.88. The molecule has 0 unspecified atom stereocenters. The van der Waals surface area contributed by atoms with E-state index < -0.39 is 0 Å². The Morgan fingerprint density at radius 2 is 1.87 bits per heavy atom. The Bertz CT molecular complexity index is 1330. The van der Waals surface area contributed by atoms with E-state index in [2.05, 4.69) is 23.4 Å². The zero-order valence-corrected chi connectivity index (χ0v) is 22.4. The van der Waals surface area contributed by atoms with Gasteiger partial charge in [0.25, 0.3) is 0 Å². The number of rotatable bonds is 7. The lowest BCUT2D eigenvalue weighted by atomic mass is 9.48. The van der Waals surface area contributed by atoms with Gasteiger partial charge in [-0.1, -0.05) is 30.2 Å². The molecule has 0 aliphatic heterocycles. The summed E-state index contributed by atoms with van der Waals surface area (Å²) in [6.07, 6.45) is 22.9. The third-order valence-electron chi connectivity index (χ3n) is 9.32. The molecule has 196 valence electrons. The van der Waals surface area contributed by atoms with Crippen LogP contribution in [-0.2, 0) is 24.1 Å². The number of carbonyl (C=O) groups is 1. The maximum Gasteiger partial charge on any atom is 0.225 e. The lowest BCUT2D eigenvalue weighted by Crippen LogP contribution is -2.47. The number of hydrogen-bond donors (Lipinski definition) is 2. The molecule has 1 heterocycles. The van der Waals surface area contributed by atoms with Crippen LogP contribution in [-0.4, -0.2) is 15.9 Å². The van der Waals surface area contributed by atoms with E-state index in [0.29, 0.717) is 24.1 Å². The Kier molecular flexibility index (Phi) is 6.60. The van der Waals surface area contributed by atoms with Gasteiger partial charge in [0.1, 0.15) is 0 Å². The van der Waals surface area contributed by atoms with Crippen LogP contribution in [0.25, 0.3) is 11.3 Å². The van der Waals surface area contributed by atoms with E-state index in [-0.39, 0.29) is 5.91 Å². The minimum absolute atomic E-state index is 0.0587. The molecule has 5 aliphatic carbocycles. The molecule has 4 saturated carbocycles. The Morgan fingerprint density at radius 1 is 1.13 bits per heavy atom. The zero-order chi connectivity index (χ0) is 26.3. The van der Waals surface area contributed by atoms with Gasteiger partial charge < -0.3 is 11.1 Å². The van der Waals surface area contributed by atoms with Crippen molar-refractivity contribution in [1.29, 1.82) is 0 Å². The molecule has 5 nitrogen and oxygen atoms in total. The first-order valence-corrected chi connectivity index (χ1v) is 14.3. The number of fused-ring (bicyclic) bond motifs is 3. The van der Waals surface area contributed by atoms with Crippen LogP contribution in [0.5, 0.6) is 0 Å². The largest absolute Gasteiger partial charge is 0.399 e. The highest BCUT2D eigenvalue weighted by Crippen LogP contribution is 2.61. The average molecular weight is 507 g/mol. The van der Waals surface area contributed by atoms with Gasteiger partial charge in [-0.2, -0.15) is 0 Å². The molecule has 7 rings (SSSR count). The van der Waals surface area contributed by atoms with E-state index in [1.54, 1.807) is 0 Å². The molecule has 0 spiro atoms. The first-order chi connectivity index (χ1) is 18.4. The number of aromatic nitrogens is 2. The van der Waals surface area contributed by atoms with Crippen molar-refractivity contribution in [3.05, 3.63) is 59.0 Å². The van der Waals surface area contributed by atoms with Gasteiger partial charge in [0.15, 0.2) is 5.82 Å². The van der Waals surface area contributed by atoms with E-state index in [9.17, 15) is 4.79 Å². The molecule has 1 aromatic heterocycles. The number of terminal acetylenes is 1. The first kappa shape index (κ1) is 24.9. The van der Waals surface area contributed by atoms with E-state index in [0.717, 1.165) is 70.9 Å². The molecule has 0 saturated heterocycles. The molecule has 5 heteroatoms. The quantitative estimate of drug-likeness (QED) is 0.257. The van der Waals surface area contributed by atoms with Crippen LogP contribution in [0.2, 0.25) is 0 Å². The van der Waals surface area contributed by atoms with Gasteiger partial charge in [-0.3, -0.25) is 4.79 Å². The van der Waals surface area contributed by atoms with Crippen molar-refractivity contribution >= 4 is 17.4 Å². The second kappa shape index (κ2) is 10.1. The molecule has 2 aromatic rings. The summed E-state index contributed by atoms with van der Waals surface area (Å²) < 4.78 is 0. The summed E-state index contributed by atoms with van der Waals surface area (Å²) in [6.45, 7) is 1.95. The molecule has 1 aromatic carbocycles. The van der Waals surface area contributed by atoms with Crippen molar-refractivity contribution in [2.24, 2.45) is 23.2 Å². The van der Waals surface area contributed by atoms with Crippen LogP contribution in [0, 0.1) is 35.5 Å². The first-order valence-electron chi connectivity index (χ1n) is 14.3. The van der Waals surface area contributed by atoms with E-state index in [4.69, 9.17) is 22.1 Å². The molecular formula is C33H38N4O. The molecule has 0 atom stereocenters. The topological polar surface area (TPSA) is 80.9 Å². The van der Waals surface area contributed by atoms with Crippen LogP contribution >= 0.6 is 0 Å². The highest BCUT2D eigenvalue weighted by molar-refractivity contribution is 5.90. The monoisotopic (exact) mass is 506 g/mol. The second-order valence-electron chi connectivity index (χ2n) is 12.2.